The van der Waals surface area contributed by atoms with Crippen molar-refractivity contribution >= 4 is 64.6 Å². The van der Waals surface area contributed by atoms with Gasteiger partial charge in [0, 0.05) is 33.8 Å². The lowest BCUT2D eigenvalue weighted by molar-refractivity contribution is 0.480. The second kappa shape index (κ2) is 13.7. The number of hydrogen-bond acceptors (Lipinski definition) is 5. The first-order valence-corrected chi connectivity index (χ1v) is 21.5. The maximum Gasteiger partial charge on any atom is 0.266 e. The summed E-state index contributed by atoms with van der Waals surface area (Å²) in [5.41, 5.74) is 8.01. The lowest BCUT2D eigenvalue weighted by Gasteiger charge is -2.27. The summed E-state index contributed by atoms with van der Waals surface area (Å²) in [4.78, 5) is 2.00. The molecule has 0 spiro atoms. The summed E-state index contributed by atoms with van der Waals surface area (Å²) in [6, 6.07) is 24.6. The maximum absolute atomic E-state index is 11.9. The van der Waals surface area contributed by atoms with Gasteiger partial charge in [-0.05, 0) is 98.4 Å². The number of fused-ring (bicyclic) bond motifs is 6. The number of allylic oxidation sites excluding steroid dienone is 10. The van der Waals surface area contributed by atoms with Gasteiger partial charge in [0.25, 0.3) is 20.2 Å². The lowest BCUT2D eigenvalue weighted by Crippen LogP contribution is -2.30. The fraction of sp³-hybridized carbons (Fsp3) is 0.302. The summed E-state index contributed by atoms with van der Waals surface area (Å²) in [6.45, 7) is 8.69. The molecule has 3 aliphatic rings. The molecule has 0 unspecified atom stereocenters. The average Bonchev–Trinajstić information content (AvgIpc) is 3.46. The topological polar surface area (TPSA) is 112 Å². The van der Waals surface area contributed by atoms with Crippen LogP contribution >= 0.6 is 11.6 Å². The molecular weight excluding hydrogens is 726 g/mol. The van der Waals surface area contributed by atoms with Crippen molar-refractivity contribution in [3.63, 3.8) is 0 Å². The van der Waals surface area contributed by atoms with Gasteiger partial charge in [-0.2, -0.15) is 16.8 Å². The highest BCUT2D eigenvalue weighted by molar-refractivity contribution is 7.86. The number of anilines is 1. The molecular formula is C43H44ClNO6S2. The van der Waals surface area contributed by atoms with Crippen LogP contribution in [0.4, 0.5) is 5.69 Å². The zero-order valence-corrected chi connectivity index (χ0v) is 32.7. The molecule has 0 bridgehead atoms. The molecule has 1 aliphatic heterocycles. The molecule has 0 fully saturated rings. The summed E-state index contributed by atoms with van der Waals surface area (Å²) in [5, 5.41) is 5.08. The Morgan fingerprint density at radius 3 is 2.02 bits per heavy atom. The second-order valence-electron chi connectivity index (χ2n) is 15.3. The number of nitrogens with zero attached hydrogens (tertiary/aromatic N) is 1. The summed E-state index contributed by atoms with van der Waals surface area (Å²) in [7, 11) is -8.38. The monoisotopic (exact) mass is 769 g/mol. The largest absolute Gasteiger partial charge is 0.343 e. The van der Waals surface area contributed by atoms with Crippen LogP contribution in [0.15, 0.2) is 125 Å². The maximum atomic E-state index is 11.9. The molecule has 7 rings (SSSR count). The van der Waals surface area contributed by atoms with E-state index in [1.165, 1.54) is 0 Å². The fourth-order valence-corrected chi connectivity index (χ4v) is 9.91. The molecule has 4 aromatic rings. The van der Waals surface area contributed by atoms with Gasteiger partial charge in [0.05, 0.1) is 11.5 Å². The van der Waals surface area contributed by atoms with Crippen LogP contribution in [-0.2, 0) is 31.1 Å². The van der Waals surface area contributed by atoms with Crippen molar-refractivity contribution in [1.29, 1.82) is 0 Å². The summed E-state index contributed by atoms with van der Waals surface area (Å²) >= 11 is 7.19. The van der Waals surface area contributed by atoms with Crippen molar-refractivity contribution in [3.8, 4) is 0 Å². The average molecular weight is 770 g/mol. The van der Waals surface area contributed by atoms with Crippen LogP contribution in [-0.4, -0.2) is 44.0 Å². The van der Waals surface area contributed by atoms with Crippen molar-refractivity contribution < 1.29 is 25.9 Å². The highest BCUT2D eigenvalue weighted by Gasteiger charge is 2.42. The predicted octanol–water partition coefficient (Wildman–Crippen LogP) is 10.0. The highest BCUT2D eigenvalue weighted by atomic mass is 35.5. The van der Waals surface area contributed by atoms with Crippen molar-refractivity contribution in [1.82, 2.24) is 0 Å². The van der Waals surface area contributed by atoms with Gasteiger partial charge in [0.2, 0.25) is 0 Å². The van der Waals surface area contributed by atoms with Crippen LogP contribution in [0.2, 0.25) is 0 Å². The molecule has 276 valence electrons. The number of hydrogen-bond donors (Lipinski definition) is 2. The van der Waals surface area contributed by atoms with Crippen LogP contribution in [0.3, 0.4) is 0 Å². The zero-order valence-electron chi connectivity index (χ0n) is 30.4. The van der Waals surface area contributed by atoms with E-state index in [9.17, 15) is 25.9 Å². The van der Waals surface area contributed by atoms with Crippen LogP contribution in [0.5, 0.6) is 0 Å². The first-order chi connectivity index (χ1) is 25.0. The molecule has 2 aliphatic carbocycles. The van der Waals surface area contributed by atoms with E-state index in [1.807, 2.05) is 53.5 Å². The highest BCUT2D eigenvalue weighted by Crippen LogP contribution is 2.52. The van der Waals surface area contributed by atoms with Crippen molar-refractivity contribution in [2.24, 2.45) is 0 Å². The van der Waals surface area contributed by atoms with Gasteiger partial charge < -0.3 is 4.90 Å². The number of rotatable bonds is 9. The zero-order chi connectivity index (χ0) is 37.9. The minimum atomic E-state index is -4.20. The quantitative estimate of drug-likeness (QED) is 0.163. The van der Waals surface area contributed by atoms with E-state index >= 15 is 0 Å². The standard InChI is InChI=1S/C43H44ClNO6S2/c1-42(2)36(34(24-26-52(46,47)48)35-20-16-28-10-5-7-14-32(28)39(35)42)21-17-30-12-9-13-31(41(30)44)19-23-38-43(3,4)40-33-15-8-6-11-29(33)18-22-37(40)45(38)25-27-53(49,50)51/h5-8,10-11,14-23H,9,12-13,24-27H2,1-4H3,(H,46,47,48)(H,49,50,51)/b21-17+,31-19?,38-23+. The van der Waals surface area contributed by atoms with Crippen molar-refractivity contribution in [3.05, 3.63) is 141 Å². The summed E-state index contributed by atoms with van der Waals surface area (Å²) < 4.78 is 67.1. The molecule has 0 amide bonds. The van der Waals surface area contributed by atoms with Crippen LogP contribution in [0, 0.1) is 0 Å². The third-order valence-electron chi connectivity index (χ3n) is 11.2. The SMILES string of the molecule is CC1(C)C(/C=C/C2=C(Cl)C(=C/C=C3/N(CCS(=O)(=O)O)c4ccc5ccccc5c4C3(C)C)CCC2)=C(CCS(=O)(=O)O)c2ccc3ccccc3c21. The summed E-state index contributed by atoms with van der Waals surface area (Å²) in [5.74, 6) is -0.777. The number of halogens is 1. The van der Waals surface area contributed by atoms with Gasteiger partial charge >= 0.3 is 0 Å². The molecule has 0 atom stereocenters. The van der Waals surface area contributed by atoms with Crippen LogP contribution in [0.25, 0.3) is 27.1 Å². The van der Waals surface area contributed by atoms with Gasteiger partial charge in [0.1, 0.15) is 0 Å². The Labute approximate surface area is 317 Å². The van der Waals surface area contributed by atoms with E-state index < -0.39 is 36.8 Å². The Morgan fingerprint density at radius 2 is 1.36 bits per heavy atom. The normalized spacial score (nSPS) is 20.1. The van der Waals surface area contributed by atoms with Crippen LogP contribution in [0.1, 0.15) is 70.1 Å². The molecule has 0 radical (unpaired) electrons. The molecule has 0 saturated heterocycles. The van der Waals surface area contributed by atoms with E-state index in [1.54, 1.807) is 0 Å². The van der Waals surface area contributed by atoms with E-state index in [-0.39, 0.29) is 18.7 Å². The third kappa shape index (κ3) is 7.06. The van der Waals surface area contributed by atoms with Gasteiger partial charge in [-0.15, -0.1) is 0 Å². The van der Waals surface area contributed by atoms with E-state index in [4.69, 9.17) is 11.6 Å². The fourth-order valence-electron chi connectivity index (χ4n) is 8.72. The number of benzene rings is 4. The minimum Gasteiger partial charge on any atom is -0.343 e. The van der Waals surface area contributed by atoms with Crippen LogP contribution < -0.4 is 4.90 Å². The van der Waals surface area contributed by atoms with Gasteiger partial charge in [-0.3, -0.25) is 9.11 Å². The summed E-state index contributed by atoms with van der Waals surface area (Å²) in [6.07, 6.45) is 10.8. The van der Waals surface area contributed by atoms with Gasteiger partial charge in [-0.25, -0.2) is 0 Å². The lowest BCUT2D eigenvalue weighted by atomic mass is 9.78. The Balaban J connectivity index is 1.28. The first kappa shape index (κ1) is 37.3. The molecule has 0 aromatic heterocycles. The molecule has 7 nitrogen and oxygen atoms in total. The first-order valence-electron chi connectivity index (χ1n) is 17.9. The van der Waals surface area contributed by atoms with Crippen molar-refractivity contribution in [2.45, 2.75) is 64.2 Å². The van der Waals surface area contributed by atoms with Crippen molar-refractivity contribution in [2.75, 3.05) is 23.0 Å². The Bertz CT molecular complexity index is 2560. The van der Waals surface area contributed by atoms with E-state index in [0.717, 1.165) is 91.2 Å². The predicted molar refractivity (Wildman–Crippen MR) is 218 cm³/mol. The Kier molecular flexibility index (Phi) is 9.65. The third-order valence-corrected chi connectivity index (χ3v) is 13.1. The Hall–Kier alpha value is -3.99. The minimum absolute atomic E-state index is 0.0999. The Morgan fingerprint density at radius 1 is 0.736 bits per heavy atom. The molecule has 4 aromatic carbocycles. The second-order valence-corrected chi connectivity index (χ2v) is 18.8. The molecule has 0 saturated carbocycles. The van der Waals surface area contributed by atoms with E-state index in [0.29, 0.717) is 5.03 Å². The molecule has 53 heavy (non-hydrogen) atoms. The smallest absolute Gasteiger partial charge is 0.266 e. The van der Waals surface area contributed by atoms with E-state index in [2.05, 4.69) is 76.2 Å². The van der Waals surface area contributed by atoms with Gasteiger partial charge in [0.15, 0.2) is 0 Å². The van der Waals surface area contributed by atoms with Gasteiger partial charge in [-0.1, -0.05) is 124 Å². The molecule has 1 heterocycles. The molecule has 10 heteroatoms. The molecule has 2 N–H and O–H groups in total.